The molecule has 2 aromatic carbocycles. The summed E-state index contributed by atoms with van der Waals surface area (Å²) in [6, 6.07) is 19.8. The summed E-state index contributed by atoms with van der Waals surface area (Å²) in [4.78, 5) is 17.3. The summed E-state index contributed by atoms with van der Waals surface area (Å²) in [5, 5.41) is 0. The molecule has 2 aromatic rings. The molecule has 0 saturated carbocycles. The molecule has 1 unspecified atom stereocenters. The largest absolute Gasteiger partial charge is 0.365 e. The topological polar surface area (TPSA) is 49.6 Å². The number of nitrogens with zero attached hydrogens (tertiary/aromatic N) is 2. The number of aryl methyl sites for hydroxylation is 2. The van der Waals surface area contributed by atoms with E-state index in [2.05, 4.69) is 93.3 Å². The number of rotatable bonds is 10. The van der Waals surface area contributed by atoms with Crippen LogP contribution in [-0.4, -0.2) is 42.5 Å². The first-order valence-corrected chi connectivity index (χ1v) is 13.0. The fourth-order valence-electron chi connectivity index (χ4n) is 4.64. The van der Waals surface area contributed by atoms with Gasteiger partial charge in [-0.3, -0.25) is 4.79 Å². The highest BCUT2D eigenvalue weighted by atomic mass is 16.2. The number of hydrogen-bond acceptors (Lipinski definition) is 3. The molecule has 34 heavy (non-hydrogen) atoms. The van der Waals surface area contributed by atoms with Crippen molar-refractivity contribution in [3.8, 4) is 0 Å². The van der Waals surface area contributed by atoms with E-state index in [-0.39, 0.29) is 17.9 Å². The summed E-state index contributed by atoms with van der Waals surface area (Å²) in [6.07, 6.45) is 7.31. The molecular weight excluding hydrogens is 418 g/mol. The van der Waals surface area contributed by atoms with E-state index in [1.165, 1.54) is 22.4 Å². The number of carbonyl (C=O) groups excluding carboxylic acids is 1. The molecule has 0 radical (unpaired) electrons. The Balaban J connectivity index is 1.64. The summed E-state index contributed by atoms with van der Waals surface area (Å²) in [6.45, 7) is 10.9. The number of benzene rings is 2. The fraction of sp³-hybridized carbons (Fsp3) is 0.500. The maximum Gasteiger partial charge on any atom is 0.239 e. The van der Waals surface area contributed by atoms with E-state index in [0.29, 0.717) is 6.04 Å². The van der Waals surface area contributed by atoms with Gasteiger partial charge in [0.2, 0.25) is 5.91 Å². The van der Waals surface area contributed by atoms with Gasteiger partial charge in [0.05, 0.1) is 6.04 Å². The third-order valence-electron chi connectivity index (χ3n) is 7.27. The third kappa shape index (κ3) is 7.20. The monoisotopic (exact) mass is 461 g/mol. The third-order valence-corrected chi connectivity index (χ3v) is 7.27. The molecule has 1 heterocycles. The molecule has 0 aromatic heterocycles. The van der Waals surface area contributed by atoms with E-state index in [1.54, 1.807) is 0 Å². The Labute approximate surface area is 206 Å². The van der Waals surface area contributed by atoms with Gasteiger partial charge in [0, 0.05) is 31.4 Å². The number of anilines is 1. The van der Waals surface area contributed by atoms with Crippen molar-refractivity contribution in [3.05, 3.63) is 77.4 Å². The van der Waals surface area contributed by atoms with Crippen molar-refractivity contribution in [3.63, 3.8) is 0 Å². The maximum absolute atomic E-state index is 12.8. The summed E-state index contributed by atoms with van der Waals surface area (Å²) in [5.41, 5.74) is 11.6. The zero-order chi connectivity index (χ0) is 24.5. The van der Waals surface area contributed by atoms with Crippen LogP contribution in [0.5, 0.6) is 0 Å². The standard InChI is InChI=1S/C30H43N3O/c1-5-24(4)29(31)30(34)32-20-18-28(19-21-32)33(22-17-23(2)3)27-15-13-26(14-16-27)12-11-25-9-7-6-8-10-25/h6-10,13-17,24,28-29H,5,11-12,18-22,31H2,1-4H3/t24?,29-/m0/s1. The SMILES string of the molecule is CCC(C)[C@H](N)C(=O)N1CCC(N(CC=C(C)C)c2ccc(CCc3ccccc3)cc2)CC1. The van der Waals surface area contributed by atoms with E-state index in [9.17, 15) is 4.79 Å². The fourth-order valence-corrected chi connectivity index (χ4v) is 4.64. The van der Waals surface area contributed by atoms with Crippen LogP contribution in [0.1, 0.15) is 58.1 Å². The van der Waals surface area contributed by atoms with Crippen molar-refractivity contribution in [2.24, 2.45) is 11.7 Å². The number of likely N-dealkylation sites (tertiary alicyclic amines) is 1. The van der Waals surface area contributed by atoms with Crippen LogP contribution in [0.25, 0.3) is 0 Å². The van der Waals surface area contributed by atoms with Crippen LogP contribution in [0, 0.1) is 5.92 Å². The molecule has 0 aliphatic carbocycles. The van der Waals surface area contributed by atoms with Gasteiger partial charge < -0.3 is 15.5 Å². The summed E-state index contributed by atoms with van der Waals surface area (Å²) >= 11 is 0. The van der Waals surface area contributed by atoms with Crippen LogP contribution in [0.2, 0.25) is 0 Å². The van der Waals surface area contributed by atoms with Crippen LogP contribution < -0.4 is 10.6 Å². The zero-order valence-corrected chi connectivity index (χ0v) is 21.5. The van der Waals surface area contributed by atoms with E-state index >= 15 is 0 Å². The van der Waals surface area contributed by atoms with Crippen molar-refractivity contribution in [1.29, 1.82) is 0 Å². The molecule has 2 atom stereocenters. The number of allylic oxidation sites excluding steroid dienone is 1. The van der Waals surface area contributed by atoms with Gasteiger partial charge >= 0.3 is 0 Å². The molecular formula is C30H43N3O. The first-order chi connectivity index (χ1) is 16.4. The van der Waals surface area contributed by atoms with Gasteiger partial charge in [-0.25, -0.2) is 0 Å². The van der Waals surface area contributed by atoms with E-state index < -0.39 is 0 Å². The minimum atomic E-state index is -0.383. The Morgan fingerprint density at radius 3 is 2.18 bits per heavy atom. The lowest BCUT2D eigenvalue weighted by atomic mass is 9.96. The van der Waals surface area contributed by atoms with Crippen LogP contribution in [0.15, 0.2) is 66.2 Å². The van der Waals surface area contributed by atoms with Gasteiger partial charge in [-0.1, -0.05) is 74.4 Å². The van der Waals surface area contributed by atoms with Crippen molar-refractivity contribution in [2.45, 2.75) is 71.9 Å². The Hall–Kier alpha value is -2.59. The molecule has 1 fully saturated rings. The van der Waals surface area contributed by atoms with Gasteiger partial charge in [-0.2, -0.15) is 0 Å². The van der Waals surface area contributed by atoms with Crippen molar-refractivity contribution >= 4 is 11.6 Å². The molecule has 1 saturated heterocycles. The van der Waals surface area contributed by atoms with Crippen molar-refractivity contribution < 1.29 is 4.79 Å². The second kappa shape index (κ2) is 12.8. The Morgan fingerprint density at radius 2 is 1.62 bits per heavy atom. The van der Waals surface area contributed by atoms with Gasteiger partial charge in [-0.05, 0) is 68.7 Å². The minimum Gasteiger partial charge on any atom is -0.365 e. The van der Waals surface area contributed by atoms with Gasteiger partial charge in [-0.15, -0.1) is 0 Å². The number of nitrogens with two attached hydrogens (primary N) is 1. The highest BCUT2D eigenvalue weighted by Gasteiger charge is 2.30. The molecule has 4 nitrogen and oxygen atoms in total. The molecule has 4 heteroatoms. The summed E-state index contributed by atoms with van der Waals surface area (Å²) in [7, 11) is 0. The number of amides is 1. The molecule has 1 aliphatic heterocycles. The van der Waals surface area contributed by atoms with Gasteiger partial charge in [0.1, 0.15) is 0 Å². The Bertz CT molecular complexity index is 910. The Kier molecular flexibility index (Phi) is 9.76. The molecule has 0 bridgehead atoms. The highest BCUT2D eigenvalue weighted by molar-refractivity contribution is 5.82. The second-order valence-electron chi connectivity index (χ2n) is 10.1. The predicted octanol–water partition coefficient (Wildman–Crippen LogP) is 5.61. The lowest BCUT2D eigenvalue weighted by molar-refractivity contribution is -0.134. The molecule has 0 spiro atoms. The highest BCUT2D eigenvalue weighted by Crippen LogP contribution is 2.25. The Morgan fingerprint density at radius 1 is 1.03 bits per heavy atom. The average molecular weight is 462 g/mol. The first-order valence-electron chi connectivity index (χ1n) is 13.0. The van der Waals surface area contributed by atoms with Gasteiger partial charge in [0.15, 0.2) is 0 Å². The van der Waals surface area contributed by atoms with Crippen molar-refractivity contribution in [1.82, 2.24) is 4.90 Å². The van der Waals surface area contributed by atoms with Crippen molar-refractivity contribution in [2.75, 3.05) is 24.5 Å². The van der Waals surface area contributed by atoms with Crippen LogP contribution in [0.4, 0.5) is 5.69 Å². The molecule has 2 N–H and O–H groups in total. The number of hydrogen-bond donors (Lipinski definition) is 1. The predicted molar refractivity (Wildman–Crippen MR) is 144 cm³/mol. The van der Waals surface area contributed by atoms with E-state index in [4.69, 9.17) is 5.73 Å². The average Bonchev–Trinajstić information content (AvgIpc) is 2.87. The molecule has 184 valence electrons. The lowest BCUT2D eigenvalue weighted by Gasteiger charge is -2.40. The van der Waals surface area contributed by atoms with Gasteiger partial charge in [0.25, 0.3) is 0 Å². The lowest BCUT2D eigenvalue weighted by Crippen LogP contribution is -2.52. The van der Waals surface area contributed by atoms with Crippen LogP contribution >= 0.6 is 0 Å². The zero-order valence-electron chi connectivity index (χ0n) is 21.5. The normalized spacial score (nSPS) is 16.1. The van der Waals surface area contributed by atoms with Crippen LogP contribution in [-0.2, 0) is 17.6 Å². The smallest absolute Gasteiger partial charge is 0.239 e. The van der Waals surface area contributed by atoms with Crippen LogP contribution in [0.3, 0.4) is 0 Å². The maximum atomic E-state index is 12.8. The molecule has 1 aliphatic rings. The summed E-state index contributed by atoms with van der Waals surface area (Å²) < 4.78 is 0. The van der Waals surface area contributed by atoms with E-state index in [1.807, 2.05) is 4.90 Å². The second-order valence-corrected chi connectivity index (χ2v) is 10.1. The minimum absolute atomic E-state index is 0.117. The quantitative estimate of drug-likeness (QED) is 0.468. The first kappa shape index (κ1) is 26.0. The molecule has 1 amide bonds. The van der Waals surface area contributed by atoms with E-state index in [0.717, 1.165) is 51.7 Å². The summed E-state index contributed by atoms with van der Waals surface area (Å²) in [5.74, 6) is 0.339. The number of carbonyl (C=O) groups is 1. The number of piperidine rings is 1. The molecule has 3 rings (SSSR count).